The van der Waals surface area contributed by atoms with Gasteiger partial charge in [0.2, 0.25) is 5.78 Å². The van der Waals surface area contributed by atoms with Crippen LogP contribution in [0.15, 0.2) is 11.6 Å². The first-order chi connectivity index (χ1) is 14.4. The minimum atomic E-state index is -1.81. The summed E-state index contributed by atoms with van der Waals surface area (Å²) in [6.07, 6.45) is 1.26. The molecule has 1 N–H and O–H groups in total. The Morgan fingerprint density at radius 1 is 1.29 bits per heavy atom. The van der Waals surface area contributed by atoms with Gasteiger partial charge in [-0.1, -0.05) is 29.8 Å². The van der Waals surface area contributed by atoms with Crippen LogP contribution < -0.4 is 0 Å². The van der Waals surface area contributed by atoms with Crippen molar-refractivity contribution in [2.24, 2.45) is 28.6 Å². The van der Waals surface area contributed by atoms with Gasteiger partial charge in [-0.3, -0.25) is 19.2 Å². The van der Waals surface area contributed by atoms with Gasteiger partial charge in [-0.15, -0.1) is 0 Å². The average Bonchev–Trinajstić information content (AvgIpc) is 2.96. The third-order valence-electron chi connectivity index (χ3n) is 8.68. The van der Waals surface area contributed by atoms with Crippen LogP contribution in [0, 0.1) is 28.6 Å². The van der Waals surface area contributed by atoms with Gasteiger partial charge in [0.1, 0.15) is 17.6 Å². The van der Waals surface area contributed by atoms with E-state index in [0.29, 0.717) is 18.4 Å². The Morgan fingerprint density at radius 3 is 2.61 bits per heavy atom. The summed E-state index contributed by atoms with van der Waals surface area (Å²) < 4.78 is 20.4. The largest absolute Gasteiger partial charge is 0.458 e. The number of halogens is 2. The lowest BCUT2D eigenvalue weighted by Gasteiger charge is -2.59. The molecular weight excluding hydrogens is 471 g/mol. The summed E-state index contributed by atoms with van der Waals surface area (Å²) in [6, 6.07) is 0. The number of ketones is 3. The molecule has 3 saturated carbocycles. The highest BCUT2D eigenvalue weighted by Crippen LogP contribution is 2.67. The van der Waals surface area contributed by atoms with Crippen LogP contribution in [-0.4, -0.2) is 51.6 Å². The summed E-state index contributed by atoms with van der Waals surface area (Å²) in [5.74, 6) is -2.62. The number of ether oxygens (including phenoxy) is 1. The first-order valence-corrected chi connectivity index (χ1v) is 11.7. The van der Waals surface area contributed by atoms with Gasteiger partial charge in [-0.25, -0.2) is 4.39 Å². The standard InChI is InChI=1S/C23H28BrFO6/c1-11(26)31-10-16(29)23(30)7-5-13-17-18(15(28)9-22(13,23)3)21(2)6-4-12(27)8-14(21)20(25)19(17)24/h8,13,17-20,30H,4-7,9-10H2,1-3H3/t13-,17-,18-,19-,20-,21-,22-,23-/m0/s1. The topological polar surface area (TPSA) is 97.7 Å². The Bertz CT molecular complexity index is 900. The number of alkyl halides is 2. The van der Waals surface area contributed by atoms with E-state index in [2.05, 4.69) is 15.9 Å². The predicted molar refractivity (Wildman–Crippen MR) is 112 cm³/mol. The molecule has 0 amide bonds. The number of allylic oxidation sites excluding steroid dienone is 1. The number of rotatable bonds is 3. The molecule has 8 atom stereocenters. The molecule has 4 aliphatic carbocycles. The van der Waals surface area contributed by atoms with Gasteiger partial charge in [-0.05, 0) is 42.7 Å². The first kappa shape index (κ1) is 22.8. The summed E-state index contributed by atoms with van der Waals surface area (Å²) >= 11 is 3.50. The van der Waals surface area contributed by atoms with E-state index in [1.54, 1.807) is 6.92 Å². The maximum Gasteiger partial charge on any atom is 0.303 e. The zero-order valence-corrected chi connectivity index (χ0v) is 19.5. The van der Waals surface area contributed by atoms with E-state index in [4.69, 9.17) is 4.74 Å². The van der Waals surface area contributed by atoms with Crippen LogP contribution in [0.1, 0.15) is 52.9 Å². The second-order valence-electron chi connectivity index (χ2n) is 10.2. The van der Waals surface area contributed by atoms with Crippen LogP contribution in [0.4, 0.5) is 4.39 Å². The number of aliphatic hydroxyl groups is 1. The molecule has 0 spiro atoms. The number of fused-ring (bicyclic) bond motifs is 5. The molecule has 0 heterocycles. The van der Waals surface area contributed by atoms with Crippen LogP contribution in [0.25, 0.3) is 0 Å². The molecule has 0 aromatic carbocycles. The highest BCUT2D eigenvalue weighted by molar-refractivity contribution is 9.09. The van der Waals surface area contributed by atoms with Crippen LogP contribution in [0.5, 0.6) is 0 Å². The highest BCUT2D eigenvalue weighted by atomic mass is 79.9. The van der Waals surface area contributed by atoms with Gasteiger partial charge < -0.3 is 9.84 Å². The molecule has 4 aliphatic rings. The lowest BCUT2D eigenvalue weighted by molar-refractivity contribution is -0.174. The van der Waals surface area contributed by atoms with Gasteiger partial charge in [0.05, 0.1) is 4.83 Å². The van der Waals surface area contributed by atoms with E-state index >= 15 is 4.39 Å². The van der Waals surface area contributed by atoms with Crippen molar-refractivity contribution in [3.63, 3.8) is 0 Å². The van der Waals surface area contributed by atoms with Crippen molar-refractivity contribution in [3.8, 4) is 0 Å². The summed E-state index contributed by atoms with van der Waals surface area (Å²) in [4.78, 5) is 49.0. The fourth-order valence-corrected chi connectivity index (χ4v) is 8.01. The monoisotopic (exact) mass is 498 g/mol. The van der Waals surface area contributed by atoms with E-state index in [1.807, 2.05) is 6.92 Å². The molecule has 4 rings (SSSR count). The molecule has 0 aliphatic heterocycles. The second kappa shape index (κ2) is 7.30. The third kappa shape index (κ3) is 3.04. The van der Waals surface area contributed by atoms with E-state index in [0.717, 1.165) is 0 Å². The Morgan fingerprint density at radius 2 is 1.97 bits per heavy atom. The van der Waals surface area contributed by atoms with Gasteiger partial charge in [0.15, 0.2) is 12.4 Å². The van der Waals surface area contributed by atoms with Crippen molar-refractivity contribution < 1.29 is 33.4 Å². The lowest BCUT2D eigenvalue weighted by Crippen LogP contribution is -2.64. The van der Waals surface area contributed by atoms with Crippen molar-refractivity contribution in [1.29, 1.82) is 0 Å². The molecule has 0 aromatic rings. The molecule has 0 aromatic heterocycles. The Kier molecular flexibility index (Phi) is 5.36. The zero-order chi connectivity index (χ0) is 22.9. The normalized spacial score (nSPS) is 46.5. The Labute approximate surface area is 189 Å². The maximum atomic E-state index is 15.6. The zero-order valence-electron chi connectivity index (χ0n) is 18.0. The fraction of sp³-hybridized carbons (Fsp3) is 0.739. The molecule has 3 fully saturated rings. The molecular formula is C23H28BrFO6. The minimum absolute atomic E-state index is 0.00532. The molecule has 0 radical (unpaired) electrons. The van der Waals surface area contributed by atoms with Crippen molar-refractivity contribution in [1.82, 2.24) is 0 Å². The highest BCUT2D eigenvalue weighted by Gasteiger charge is 2.71. The van der Waals surface area contributed by atoms with Crippen molar-refractivity contribution in [2.75, 3.05) is 6.61 Å². The Hall–Kier alpha value is -1.41. The second-order valence-corrected chi connectivity index (χ2v) is 11.2. The van der Waals surface area contributed by atoms with Crippen molar-refractivity contribution in [2.45, 2.75) is 69.5 Å². The van der Waals surface area contributed by atoms with Gasteiger partial charge in [-0.2, -0.15) is 0 Å². The number of hydrogen-bond donors (Lipinski definition) is 1. The molecule has 6 nitrogen and oxygen atoms in total. The van der Waals surface area contributed by atoms with E-state index in [1.165, 1.54) is 13.0 Å². The Balaban J connectivity index is 1.74. The fourth-order valence-electron chi connectivity index (χ4n) is 7.05. The molecule has 8 heteroatoms. The summed E-state index contributed by atoms with van der Waals surface area (Å²) in [5, 5.41) is 11.5. The average molecular weight is 499 g/mol. The smallest absolute Gasteiger partial charge is 0.303 e. The van der Waals surface area contributed by atoms with E-state index < -0.39 is 57.6 Å². The summed E-state index contributed by atoms with van der Waals surface area (Å²) in [6.45, 7) is 4.24. The number of Topliss-reactive ketones (excluding diaryl/α,β-unsaturated/α-hetero) is 2. The van der Waals surface area contributed by atoms with Gasteiger partial charge in [0.25, 0.3) is 0 Å². The summed E-state index contributed by atoms with van der Waals surface area (Å²) in [5.41, 5.74) is -3.24. The number of esters is 1. The lowest BCUT2D eigenvalue weighted by atomic mass is 9.45. The van der Waals surface area contributed by atoms with Crippen LogP contribution in [0.3, 0.4) is 0 Å². The molecule has 0 bridgehead atoms. The van der Waals surface area contributed by atoms with Crippen molar-refractivity contribution in [3.05, 3.63) is 11.6 Å². The van der Waals surface area contributed by atoms with Crippen LogP contribution in [-0.2, 0) is 23.9 Å². The predicted octanol–water partition coefficient (Wildman–Crippen LogP) is 2.88. The maximum absolute atomic E-state index is 15.6. The SMILES string of the molecule is CC(=O)OCC(=O)[C@@]1(O)CC[C@H]2[C@@H]3[C@H](Br)[C@@H](F)C4=CC(=O)CC[C@]4(C)[C@H]3C(=O)C[C@@]21C. The van der Waals surface area contributed by atoms with E-state index in [-0.39, 0.29) is 36.7 Å². The van der Waals surface area contributed by atoms with E-state index in [9.17, 15) is 24.3 Å². The van der Waals surface area contributed by atoms with Crippen molar-refractivity contribution >= 4 is 39.2 Å². The number of carbonyl (C=O) groups is 4. The molecule has 0 saturated heterocycles. The van der Waals surface area contributed by atoms with Crippen LogP contribution in [0.2, 0.25) is 0 Å². The summed E-state index contributed by atoms with van der Waals surface area (Å²) in [7, 11) is 0. The quantitative estimate of drug-likeness (QED) is 0.474. The van der Waals surface area contributed by atoms with Crippen LogP contribution >= 0.6 is 15.9 Å². The van der Waals surface area contributed by atoms with Gasteiger partial charge in [0, 0.05) is 36.5 Å². The van der Waals surface area contributed by atoms with Gasteiger partial charge >= 0.3 is 5.97 Å². The molecule has 0 unspecified atom stereocenters. The third-order valence-corrected chi connectivity index (χ3v) is 9.76. The minimum Gasteiger partial charge on any atom is -0.458 e. The number of hydrogen-bond acceptors (Lipinski definition) is 6. The first-order valence-electron chi connectivity index (χ1n) is 10.8. The number of carbonyl (C=O) groups excluding carboxylic acids is 4. The molecule has 31 heavy (non-hydrogen) atoms. The molecule has 170 valence electrons.